The van der Waals surface area contributed by atoms with E-state index in [0.29, 0.717) is 11.4 Å². The average molecular weight is 344 g/mol. The molecule has 0 bridgehead atoms. The SMILES string of the molecule is O=C(O)c1cnn2ccc(N3CC(F)CC3c3cccc(F)c3)nc12. The fourth-order valence-corrected chi connectivity index (χ4v) is 3.24. The zero-order valence-electron chi connectivity index (χ0n) is 13.0. The summed E-state index contributed by atoms with van der Waals surface area (Å²) >= 11 is 0. The van der Waals surface area contributed by atoms with E-state index in [4.69, 9.17) is 0 Å². The summed E-state index contributed by atoms with van der Waals surface area (Å²) in [5.74, 6) is -1.08. The van der Waals surface area contributed by atoms with E-state index in [1.807, 2.05) is 0 Å². The van der Waals surface area contributed by atoms with Crippen LogP contribution in [-0.4, -0.2) is 38.4 Å². The number of aromatic nitrogens is 3. The topological polar surface area (TPSA) is 70.7 Å². The molecule has 8 heteroatoms. The fourth-order valence-electron chi connectivity index (χ4n) is 3.24. The van der Waals surface area contributed by atoms with Crippen LogP contribution < -0.4 is 4.90 Å². The molecule has 6 nitrogen and oxygen atoms in total. The molecule has 2 unspecified atom stereocenters. The number of anilines is 1. The van der Waals surface area contributed by atoms with Gasteiger partial charge >= 0.3 is 5.97 Å². The van der Waals surface area contributed by atoms with E-state index in [0.717, 1.165) is 0 Å². The average Bonchev–Trinajstić information content (AvgIpc) is 3.17. The van der Waals surface area contributed by atoms with Crippen LogP contribution in [0.2, 0.25) is 0 Å². The van der Waals surface area contributed by atoms with Crippen LogP contribution in [0.15, 0.2) is 42.7 Å². The number of hydrogen-bond donors (Lipinski definition) is 1. The first-order valence-corrected chi connectivity index (χ1v) is 7.77. The van der Waals surface area contributed by atoms with Crippen LogP contribution in [0.5, 0.6) is 0 Å². The molecule has 3 heterocycles. The Bertz CT molecular complexity index is 959. The van der Waals surface area contributed by atoms with Crippen molar-refractivity contribution in [3.8, 4) is 0 Å². The van der Waals surface area contributed by atoms with Gasteiger partial charge in [-0.3, -0.25) is 0 Å². The maximum absolute atomic E-state index is 14.1. The molecule has 1 fully saturated rings. The number of rotatable bonds is 3. The predicted molar refractivity (Wildman–Crippen MR) is 85.9 cm³/mol. The second-order valence-electron chi connectivity index (χ2n) is 5.97. The van der Waals surface area contributed by atoms with Crippen LogP contribution in [0, 0.1) is 5.82 Å². The molecule has 2 atom stereocenters. The van der Waals surface area contributed by atoms with E-state index < -0.39 is 12.1 Å². The number of carboxylic acids is 1. The Labute approximate surface area is 141 Å². The summed E-state index contributed by atoms with van der Waals surface area (Å²) in [6, 6.07) is 7.34. The smallest absolute Gasteiger partial charge is 0.341 e. The van der Waals surface area contributed by atoms with Crippen molar-refractivity contribution in [2.24, 2.45) is 0 Å². The maximum atomic E-state index is 14.1. The molecule has 1 aliphatic heterocycles. The molecule has 0 radical (unpaired) electrons. The molecule has 128 valence electrons. The Hall–Kier alpha value is -3.03. The second-order valence-corrected chi connectivity index (χ2v) is 5.97. The number of alkyl halides is 1. The van der Waals surface area contributed by atoms with Crippen LogP contribution >= 0.6 is 0 Å². The van der Waals surface area contributed by atoms with Gasteiger partial charge in [-0.2, -0.15) is 5.10 Å². The predicted octanol–water partition coefficient (Wildman–Crippen LogP) is 2.86. The van der Waals surface area contributed by atoms with E-state index in [1.54, 1.807) is 29.3 Å². The lowest BCUT2D eigenvalue weighted by Gasteiger charge is -2.25. The summed E-state index contributed by atoms with van der Waals surface area (Å²) in [6.45, 7) is 0.112. The number of aromatic carboxylic acids is 1. The third-order valence-corrected chi connectivity index (χ3v) is 4.36. The van der Waals surface area contributed by atoms with Gasteiger partial charge in [0.25, 0.3) is 0 Å². The number of halogens is 2. The van der Waals surface area contributed by atoms with E-state index in [-0.39, 0.29) is 36.0 Å². The zero-order chi connectivity index (χ0) is 17.6. The van der Waals surface area contributed by atoms with Gasteiger partial charge in [0.05, 0.1) is 18.8 Å². The Kier molecular flexibility index (Phi) is 3.60. The van der Waals surface area contributed by atoms with Gasteiger partial charge in [0.1, 0.15) is 23.4 Å². The minimum absolute atomic E-state index is 0.0276. The molecule has 3 aromatic rings. The summed E-state index contributed by atoms with van der Waals surface area (Å²) in [7, 11) is 0. The highest BCUT2D eigenvalue weighted by Crippen LogP contribution is 2.37. The monoisotopic (exact) mass is 344 g/mol. The van der Waals surface area contributed by atoms with Crippen molar-refractivity contribution in [1.82, 2.24) is 14.6 Å². The molecule has 2 aromatic heterocycles. The molecule has 1 aliphatic rings. The second kappa shape index (κ2) is 5.80. The summed E-state index contributed by atoms with van der Waals surface area (Å²) in [6.07, 6.45) is 1.95. The van der Waals surface area contributed by atoms with Crippen LogP contribution in [-0.2, 0) is 0 Å². The number of carbonyl (C=O) groups is 1. The summed E-state index contributed by atoms with van der Waals surface area (Å²) < 4.78 is 29.0. The molecular weight excluding hydrogens is 330 g/mol. The first kappa shape index (κ1) is 15.5. The van der Waals surface area contributed by atoms with Gasteiger partial charge in [-0.15, -0.1) is 0 Å². The quantitative estimate of drug-likeness (QED) is 0.791. The highest BCUT2D eigenvalue weighted by atomic mass is 19.1. The highest BCUT2D eigenvalue weighted by molar-refractivity contribution is 5.94. The Morgan fingerprint density at radius 2 is 2.16 bits per heavy atom. The van der Waals surface area contributed by atoms with Crippen molar-refractivity contribution >= 4 is 17.4 Å². The van der Waals surface area contributed by atoms with E-state index >= 15 is 0 Å². The normalized spacial score (nSPS) is 20.3. The van der Waals surface area contributed by atoms with Gasteiger partial charge in [-0.25, -0.2) is 23.1 Å². The van der Waals surface area contributed by atoms with Gasteiger partial charge in [0.15, 0.2) is 5.65 Å². The molecule has 0 amide bonds. The van der Waals surface area contributed by atoms with Crippen molar-refractivity contribution < 1.29 is 18.7 Å². The molecule has 1 aromatic carbocycles. The van der Waals surface area contributed by atoms with Crippen molar-refractivity contribution in [3.05, 3.63) is 59.7 Å². The first-order chi connectivity index (χ1) is 12.0. The van der Waals surface area contributed by atoms with Gasteiger partial charge in [0.2, 0.25) is 0 Å². The van der Waals surface area contributed by atoms with Crippen molar-refractivity contribution in [2.75, 3.05) is 11.4 Å². The Balaban J connectivity index is 1.77. The van der Waals surface area contributed by atoms with Crippen LogP contribution in [0.4, 0.5) is 14.6 Å². The molecule has 1 saturated heterocycles. The molecule has 1 N–H and O–H groups in total. The molecule has 4 rings (SSSR count). The van der Waals surface area contributed by atoms with Crippen LogP contribution in [0.1, 0.15) is 28.4 Å². The lowest BCUT2D eigenvalue weighted by atomic mass is 10.0. The van der Waals surface area contributed by atoms with Crippen LogP contribution in [0.3, 0.4) is 0 Å². The third kappa shape index (κ3) is 2.69. The fraction of sp³-hybridized carbons (Fsp3) is 0.235. The van der Waals surface area contributed by atoms with E-state index in [1.165, 1.54) is 22.8 Å². The molecule has 0 spiro atoms. The highest BCUT2D eigenvalue weighted by Gasteiger charge is 2.34. The Morgan fingerprint density at radius 1 is 1.32 bits per heavy atom. The maximum Gasteiger partial charge on any atom is 0.341 e. The molecule has 0 saturated carbocycles. The zero-order valence-corrected chi connectivity index (χ0v) is 13.0. The first-order valence-electron chi connectivity index (χ1n) is 7.77. The van der Waals surface area contributed by atoms with Gasteiger partial charge in [0, 0.05) is 12.6 Å². The number of nitrogens with zero attached hydrogens (tertiary/aromatic N) is 4. The summed E-state index contributed by atoms with van der Waals surface area (Å²) in [4.78, 5) is 17.4. The minimum atomic E-state index is -1.13. The van der Waals surface area contributed by atoms with Gasteiger partial charge in [-0.1, -0.05) is 12.1 Å². The van der Waals surface area contributed by atoms with E-state index in [9.17, 15) is 18.7 Å². The number of hydrogen-bond acceptors (Lipinski definition) is 4. The number of carboxylic acid groups (broad SMARTS) is 1. The largest absolute Gasteiger partial charge is 0.477 e. The van der Waals surface area contributed by atoms with Crippen molar-refractivity contribution in [2.45, 2.75) is 18.6 Å². The molecule has 0 aliphatic carbocycles. The van der Waals surface area contributed by atoms with Gasteiger partial charge < -0.3 is 10.0 Å². The summed E-state index contributed by atoms with van der Waals surface area (Å²) in [5.41, 5.74) is 0.819. The van der Waals surface area contributed by atoms with Crippen molar-refractivity contribution in [1.29, 1.82) is 0 Å². The minimum Gasteiger partial charge on any atom is -0.477 e. The van der Waals surface area contributed by atoms with Crippen molar-refractivity contribution in [3.63, 3.8) is 0 Å². The number of benzene rings is 1. The van der Waals surface area contributed by atoms with Gasteiger partial charge in [-0.05, 0) is 23.8 Å². The van der Waals surface area contributed by atoms with E-state index in [2.05, 4.69) is 10.1 Å². The third-order valence-electron chi connectivity index (χ3n) is 4.36. The summed E-state index contributed by atoms with van der Waals surface area (Å²) in [5, 5.41) is 13.2. The molecule has 25 heavy (non-hydrogen) atoms. The Morgan fingerprint density at radius 3 is 2.92 bits per heavy atom. The molecular formula is C17H14F2N4O2. The lowest BCUT2D eigenvalue weighted by molar-refractivity contribution is 0.0698. The lowest BCUT2D eigenvalue weighted by Crippen LogP contribution is -2.25. The van der Waals surface area contributed by atoms with Crippen LogP contribution in [0.25, 0.3) is 5.65 Å². The standard InChI is InChI=1S/C17H14F2N4O2/c18-11-3-1-2-10(6-11)14-7-12(19)9-22(14)15-4-5-23-16(21-15)13(8-20-23)17(24)25/h1-6,8,12,14H,7,9H2,(H,24,25). The number of fused-ring (bicyclic) bond motifs is 1.